The molecule has 0 unspecified atom stereocenters. The van der Waals surface area contributed by atoms with Gasteiger partial charge < -0.3 is 9.47 Å². The van der Waals surface area contributed by atoms with Crippen LogP contribution in [0.15, 0.2) is 48.5 Å². The first-order valence-electron chi connectivity index (χ1n) is 10.1. The number of aryl methyl sites for hydroxylation is 1. The maximum Gasteiger partial charge on any atom is 0.0847 e. The fourth-order valence-corrected chi connectivity index (χ4v) is 5.08. The third-order valence-corrected chi connectivity index (χ3v) is 6.78. The topological polar surface area (TPSA) is 21.7 Å². The molecule has 1 saturated heterocycles. The molecule has 0 N–H and O–H groups in total. The van der Waals surface area contributed by atoms with E-state index in [-0.39, 0.29) is 5.60 Å². The van der Waals surface area contributed by atoms with Crippen LogP contribution in [0.5, 0.6) is 0 Å². The monoisotopic (exact) mass is 365 g/mol. The molecule has 3 heteroatoms. The Kier molecular flexibility index (Phi) is 5.36. The molecule has 0 amide bonds. The quantitative estimate of drug-likeness (QED) is 0.758. The number of hydrogen-bond donors (Lipinski definition) is 0. The second-order valence-electron chi connectivity index (χ2n) is 8.15. The van der Waals surface area contributed by atoms with Gasteiger partial charge in [0.25, 0.3) is 0 Å². The Hall–Kier alpha value is -1.68. The summed E-state index contributed by atoms with van der Waals surface area (Å²) in [6.07, 6.45) is 4.79. The van der Waals surface area contributed by atoms with Crippen molar-refractivity contribution >= 4 is 0 Å². The second kappa shape index (κ2) is 7.75. The van der Waals surface area contributed by atoms with E-state index in [1.807, 2.05) is 14.2 Å². The zero-order valence-electron chi connectivity index (χ0n) is 16.8. The molecule has 4 rings (SSSR count). The number of methoxy groups -OCH3 is 2. The van der Waals surface area contributed by atoms with Gasteiger partial charge in [0.1, 0.15) is 0 Å². The van der Waals surface area contributed by atoms with Crippen LogP contribution in [-0.2, 0) is 16.0 Å². The maximum absolute atomic E-state index is 6.06. The van der Waals surface area contributed by atoms with Crippen LogP contribution in [0.1, 0.15) is 36.8 Å². The summed E-state index contributed by atoms with van der Waals surface area (Å²) in [7, 11) is 3.73. The standard InChI is InChI=1S/C24H31NO2/c1-18-6-4-5-7-22(18)20-10-8-19(9-11-20)17-25-15-14-24(27-3)13-12-21(26-2)16-23(24)25/h4-11,21,23H,12-17H2,1-3H3/t21-,23-,24+/m0/s1. The minimum Gasteiger partial charge on any atom is -0.381 e. The first kappa shape index (κ1) is 18.7. The molecule has 1 aliphatic carbocycles. The fourth-order valence-electron chi connectivity index (χ4n) is 5.08. The SMILES string of the molecule is CO[C@H]1CC[C@@]2(OC)CCN(Cc3ccc(-c4ccccc4C)cc3)[C@H]2C1. The van der Waals surface area contributed by atoms with Gasteiger partial charge in [-0.2, -0.15) is 0 Å². The third-order valence-electron chi connectivity index (χ3n) is 6.78. The third kappa shape index (κ3) is 3.56. The van der Waals surface area contributed by atoms with Gasteiger partial charge in [-0.15, -0.1) is 0 Å². The van der Waals surface area contributed by atoms with Crippen LogP contribution in [0.2, 0.25) is 0 Å². The van der Waals surface area contributed by atoms with E-state index in [2.05, 4.69) is 60.4 Å². The van der Waals surface area contributed by atoms with Crippen molar-refractivity contribution in [1.29, 1.82) is 0 Å². The second-order valence-corrected chi connectivity index (χ2v) is 8.15. The van der Waals surface area contributed by atoms with Gasteiger partial charge in [-0.25, -0.2) is 0 Å². The van der Waals surface area contributed by atoms with Crippen LogP contribution in [0, 0.1) is 6.92 Å². The van der Waals surface area contributed by atoms with Crippen LogP contribution in [0.25, 0.3) is 11.1 Å². The van der Waals surface area contributed by atoms with E-state index >= 15 is 0 Å². The Morgan fingerprint density at radius 1 is 1.04 bits per heavy atom. The van der Waals surface area contributed by atoms with Crippen molar-refractivity contribution in [3.8, 4) is 11.1 Å². The molecule has 1 heterocycles. The number of fused-ring (bicyclic) bond motifs is 1. The number of ether oxygens (including phenoxy) is 2. The van der Waals surface area contributed by atoms with Crippen LogP contribution in [-0.4, -0.2) is 43.4 Å². The van der Waals surface area contributed by atoms with Crippen molar-refractivity contribution in [3.63, 3.8) is 0 Å². The predicted octanol–water partition coefficient (Wildman–Crippen LogP) is 4.82. The first-order valence-corrected chi connectivity index (χ1v) is 10.1. The summed E-state index contributed by atoms with van der Waals surface area (Å²) in [6, 6.07) is 18.1. The average molecular weight is 366 g/mol. The molecule has 0 radical (unpaired) electrons. The summed E-state index contributed by atoms with van der Waals surface area (Å²) in [4.78, 5) is 2.61. The van der Waals surface area contributed by atoms with E-state index in [1.54, 1.807) is 0 Å². The van der Waals surface area contributed by atoms with E-state index in [0.717, 1.165) is 38.8 Å². The van der Waals surface area contributed by atoms with Crippen molar-refractivity contribution < 1.29 is 9.47 Å². The van der Waals surface area contributed by atoms with E-state index in [1.165, 1.54) is 22.3 Å². The van der Waals surface area contributed by atoms with Crippen molar-refractivity contribution in [2.24, 2.45) is 0 Å². The molecular formula is C24H31NO2. The minimum atomic E-state index is 0.0239. The fraction of sp³-hybridized carbons (Fsp3) is 0.500. The highest BCUT2D eigenvalue weighted by molar-refractivity contribution is 5.67. The summed E-state index contributed by atoms with van der Waals surface area (Å²) in [6.45, 7) is 4.27. The first-order chi connectivity index (χ1) is 13.1. The molecular weight excluding hydrogens is 334 g/mol. The number of nitrogens with zero attached hydrogens (tertiary/aromatic N) is 1. The normalized spacial score (nSPS) is 28.3. The summed E-state index contributed by atoms with van der Waals surface area (Å²) in [5.74, 6) is 0. The van der Waals surface area contributed by atoms with Crippen LogP contribution >= 0.6 is 0 Å². The number of benzene rings is 2. The summed E-state index contributed by atoms with van der Waals surface area (Å²) < 4.78 is 11.7. The molecule has 27 heavy (non-hydrogen) atoms. The van der Waals surface area contributed by atoms with E-state index in [0.29, 0.717) is 12.1 Å². The lowest BCUT2D eigenvalue weighted by atomic mass is 9.79. The van der Waals surface area contributed by atoms with E-state index in [4.69, 9.17) is 9.47 Å². The Morgan fingerprint density at radius 2 is 1.81 bits per heavy atom. The lowest BCUT2D eigenvalue weighted by Crippen LogP contribution is -2.51. The number of likely N-dealkylation sites (tertiary alicyclic amines) is 1. The molecule has 0 spiro atoms. The van der Waals surface area contributed by atoms with Gasteiger partial charge >= 0.3 is 0 Å². The van der Waals surface area contributed by atoms with Crippen molar-refractivity contribution in [1.82, 2.24) is 4.90 Å². The van der Waals surface area contributed by atoms with Gasteiger partial charge in [0.15, 0.2) is 0 Å². The van der Waals surface area contributed by atoms with Crippen LogP contribution in [0.4, 0.5) is 0 Å². The van der Waals surface area contributed by atoms with Gasteiger partial charge in [0.05, 0.1) is 11.7 Å². The number of rotatable bonds is 5. The van der Waals surface area contributed by atoms with Gasteiger partial charge in [-0.1, -0.05) is 48.5 Å². The lowest BCUT2D eigenvalue weighted by molar-refractivity contribution is -0.0947. The zero-order valence-corrected chi connectivity index (χ0v) is 16.8. The van der Waals surface area contributed by atoms with Gasteiger partial charge in [0, 0.05) is 33.4 Å². The van der Waals surface area contributed by atoms with Crippen LogP contribution < -0.4 is 0 Å². The van der Waals surface area contributed by atoms with Gasteiger partial charge in [-0.05, 0) is 54.9 Å². The molecule has 3 nitrogen and oxygen atoms in total. The zero-order chi connectivity index (χ0) is 18.9. The molecule has 1 saturated carbocycles. The molecule has 1 aliphatic heterocycles. The largest absolute Gasteiger partial charge is 0.381 e. The molecule has 2 fully saturated rings. The Labute approximate surface area is 163 Å². The lowest BCUT2D eigenvalue weighted by Gasteiger charge is -2.43. The molecule has 2 aromatic carbocycles. The molecule has 0 bridgehead atoms. The summed E-state index contributed by atoms with van der Waals surface area (Å²) in [5, 5.41) is 0. The number of hydrogen-bond acceptors (Lipinski definition) is 3. The minimum absolute atomic E-state index is 0.0239. The molecule has 2 aliphatic rings. The maximum atomic E-state index is 6.06. The van der Waals surface area contributed by atoms with Crippen molar-refractivity contribution in [3.05, 3.63) is 59.7 Å². The predicted molar refractivity (Wildman–Crippen MR) is 110 cm³/mol. The Morgan fingerprint density at radius 3 is 2.52 bits per heavy atom. The highest BCUT2D eigenvalue weighted by Gasteiger charge is 2.50. The summed E-state index contributed by atoms with van der Waals surface area (Å²) >= 11 is 0. The summed E-state index contributed by atoms with van der Waals surface area (Å²) in [5.41, 5.74) is 5.33. The Balaban J connectivity index is 1.50. The van der Waals surface area contributed by atoms with E-state index in [9.17, 15) is 0 Å². The molecule has 3 atom stereocenters. The molecule has 144 valence electrons. The van der Waals surface area contributed by atoms with Crippen molar-refractivity contribution in [2.75, 3.05) is 20.8 Å². The molecule has 2 aromatic rings. The highest BCUT2D eigenvalue weighted by Crippen LogP contribution is 2.43. The van der Waals surface area contributed by atoms with E-state index < -0.39 is 0 Å². The Bertz CT molecular complexity index is 772. The van der Waals surface area contributed by atoms with Gasteiger partial charge in [0.2, 0.25) is 0 Å². The smallest absolute Gasteiger partial charge is 0.0847 e. The van der Waals surface area contributed by atoms with Crippen molar-refractivity contribution in [2.45, 2.75) is 56.9 Å². The van der Waals surface area contributed by atoms with Gasteiger partial charge in [-0.3, -0.25) is 4.90 Å². The highest BCUT2D eigenvalue weighted by atomic mass is 16.5. The molecule has 0 aromatic heterocycles. The van der Waals surface area contributed by atoms with Crippen LogP contribution in [0.3, 0.4) is 0 Å². The average Bonchev–Trinajstić information content (AvgIpc) is 3.07.